The van der Waals surface area contributed by atoms with Crippen molar-refractivity contribution in [1.29, 1.82) is 0 Å². The largest absolute Gasteiger partial charge is 0.462 e. The Morgan fingerprint density at radius 2 is 2.19 bits per heavy atom. The summed E-state index contributed by atoms with van der Waals surface area (Å²) in [5.41, 5.74) is 3.32. The number of anilines is 1. The number of nitrogens with one attached hydrogen (secondary N) is 1. The van der Waals surface area contributed by atoms with Crippen molar-refractivity contribution < 1.29 is 14.1 Å². The average molecular weight is 353 g/mol. The summed E-state index contributed by atoms with van der Waals surface area (Å²) in [6, 6.07) is 5.32. The molecule has 0 fully saturated rings. The molecule has 112 valence electrons. The van der Waals surface area contributed by atoms with Crippen LogP contribution in [0.4, 0.5) is 5.69 Å². The molecule has 6 heteroatoms. The molecule has 0 bridgehead atoms. The molecule has 0 aliphatic carbocycles. The first kappa shape index (κ1) is 15.6. The van der Waals surface area contributed by atoms with E-state index in [0.29, 0.717) is 18.7 Å². The first-order chi connectivity index (χ1) is 10.0. The van der Waals surface area contributed by atoms with Crippen LogP contribution in [0.15, 0.2) is 27.2 Å². The summed E-state index contributed by atoms with van der Waals surface area (Å²) < 4.78 is 10.9. The van der Waals surface area contributed by atoms with Gasteiger partial charge in [0.05, 0.1) is 17.9 Å². The number of rotatable bonds is 5. The number of nitrogens with zero attached hydrogens (tertiary/aromatic N) is 1. The molecule has 5 nitrogen and oxygen atoms in total. The number of aromatic nitrogens is 1. The predicted molar refractivity (Wildman–Crippen MR) is 83.4 cm³/mol. The third-order valence-electron chi connectivity index (χ3n) is 3.12. The van der Waals surface area contributed by atoms with Gasteiger partial charge in [0.25, 0.3) is 0 Å². The lowest BCUT2D eigenvalue weighted by atomic mass is 10.2. The monoisotopic (exact) mass is 352 g/mol. The van der Waals surface area contributed by atoms with Crippen LogP contribution >= 0.6 is 15.9 Å². The molecule has 0 unspecified atom stereocenters. The van der Waals surface area contributed by atoms with E-state index in [4.69, 9.17) is 9.26 Å². The van der Waals surface area contributed by atoms with Crippen molar-refractivity contribution in [3.63, 3.8) is 0 Å². The fourth-order valence-electron chi connectivity index (χ4n) is 1.94. The Morgan fingerprint density at radius 1 is 1.43 bits per heavy atom. The SMILES string of the molecule is CCOC(=O)c1ccc(NCc2c(C)noc2C)c(Br)c1. The van der Waals surface area contributed by atoms with Crippen molar-refractivity contribution in [2.24, 2.45) is 0 Å². The summed E-state index contributed by atoms with van der Waals surface area (Å²) in [5.74, 6) is 0.481. The lowest BCUT2D eigenvalue weighted by Crippen LogP contribution is -2.06. The fourth-order valence-corrected chi connectivity index (χ4v) is 2.46. The Kier molecular flexibility index (Phi) is 5.01. The van der Waals surface area contributed by atoms with Gasteiger partial charge < -0.3 is 14.6 Å². The molecule has 1 N–H and O–H groups in total. The quantitative estimate of drug-likeness (QED) is 0.828. The van der Waals surface area contributed by atoms with Crippen LogP contribution in [0.3, 0.4) is 0 Å². The van der Waals surface area contributed by atoms with Crippen LogP contribution in [0.25, 0.3) is 0 Å². The third kappa shape index (κ3) is 3.64. The Labute approximate surface area is 131 Å². The van der Waals surface area contributed by atoms with Gasteiger partial charge >= 0.3 is 5.97 Å². The summed E-state index contributed by atoms with van der Waals surface area (Å²) in [6.45, 7) is 6.55. The van der Waals surface area contributed by atoms with Crippen LogP contribution in [0.1, 0.15) is 34.3 Å². The number of hydrogen-bond donors (Lipinski definition) is 1. The van der Waals surface area contributed by atoms with Crippen LogP contribution in [0, 0.1) is 13.8 Å². The summed E-state index contributed by atoms with van der Waals surface area (Å²) in [7, 11) is 0. The van der Waals surface area contributed by atoms with Gasteiger partial charge in [0.15, 0.2) is 0 Å². The maximum atomic E-state index is 11.7. The molecule has 0 amide bonds. The van der Waals surface area contributed by atoms with Crippen molar-refractivity contribution in [2.45, 2.75) is 27.3 Å². The molecular weight excluding hydrogens is 336 g/mol. The molecule has 0 radical (unpaired) electrons. The van der Waals surface area contributed by atoms with Crippen LogP contribution in [0.5, 0.6) is 0 Å². The van der Waals surface area contributed by atoms with Crippen molar-refractivity contribution in [3.8, 4) is 0 Å². The molecule has 0 saturated heterocycles. The number of hydrogen-bond acceptors (Lipinski definition) is 5. The Hall–Kier alpha value is -1.82. The minimum Gasteiger partial charge on any atom is -0.462 e. The van der Waals surface area contributed by atoms with Gasteiger partial charge in [-0.05, 0) is 54.9 Å². The Morgan fingerprint density at radius 3 is 2.76 bits per heavy atom. The van der Waals surface area contributed by atoms with Gasteiger partial charge in [-0.2, -0.15) is 0 Å². The van der Waals surface area contributed by atoms with Crippen LogP contribution in [0.2, 0.25) is 0 Å². The fraction of sp³-hybridized carbons (Fsp3) is 0.333. The molecule has 0 aliphatic heterocycles. The molecule has 1 aromatic carbocycles. The number of ether oxygens (including phenoxy) is 1. The maximum absolute atomic E-state index is 11.7. The maximum Gasteiger partial charge on any atom is 0.338 e. The summed E-state index contributed by atoms with van der Waals surface area (Å²) in [4.78, 5) is 11.7. The van der Waals surface area contributed by atoms with Gasteiger partial charge in [-0.1, -0.05) is 5.16 Å². The van der Waals surface area contributed by atoms with Crippen LogP contribution in [-0.4, -0.2) is 17.7 Å². The Balaban J connectivity index is 2.09. The second-order valence-electron chi connectivity index (χ2n) is 4.57. The van der Waals surface area contributed by atoms with E-state index in [9.17, 15) is 4.79 Å². The number of aryl methyl sites for hydroxylation is 2. The van der Waals surface area contributed by atoms with Gasteiger partial charge in [-0.3, -0.25) is 0 Å². The highest BCUT2D eigenvalue weighted by atomic mass is 79.9. The molecule has 1 heterocycles. The standard InChI is InChI=1S/C15H17BrN2O3/c1-4-20-15(19)11-5-6-14(13(16)7-11)17-8-12-9(2)18-21-10(12)3/h5-7,17H,4,8H2,1-3H3. The van der Waals surface area contributed by atoms with E-state index in [-0.39, 0.29) is 5.97 Å². The van der Waals surface area contributed by atoms with Crippen LogP contribution < -0.4 is 5.32 Å². The third-order valence-corrected chi connectivity index (χ3v) is 3.77. The minimum atomic E-state index is -0.324. The second kappa shape index (κ2) is 6.76. The number of benzene rings is 1. The topological polar surface area (TPSA) is 64.4 Å². The van der Waals surface area contributed by atoms with Crippen molar-refractivity contribution in [3.05, 3.63) is 45.3 Å². The highest BCUT2D eigenvalue weighted by Crippen LogP contribution is 2.25. The van der Waals surface area contributed by atoms with Gasteiger partial charge in [0.1, 0.15) is 5.76 Å². The number of carbonyl (C=O) groups excluding carboxylic acids is 1. The van der Waals surface area contributed by atoms with E-state index in [1.165, 1.54) is 0 Å². The second-order valence-corrected chi connectivity index (χ2v) is 5.43. The lowest BCUT2D eigenvalue weighted by Gasteiger charge is -2.10. The molecule has 2 rings (SSSR count). The molecule has 1 aromatic heterocycles. The highest BCUT2D eigenvalue weighted by Gasteiger charge is 2.11. The number of esters is 1. The molecule has 0 atom stereocenters. The molecule has 2 aromatic rings. The zero-order chi connectivity index (χ0) is 15.4. The predicted octanol–water partition coefficient (Wildman–Crippen LogP) is 3.84. The smallest absolute Gasteiger partial charge is 0.338 e. The number of halogens is 1. The first-order valence-electron chi connectivity index (χ1n) is 6.65. The van der Waals surface area contributed by atoms with E-state index in [0.717, 1.165) is 27.2 Å². The van der Waals surface area contributed by atoms with E-state index >= 15 is 0 Å². The summed E-state index contributed by atoms with van der Waals surface area (Å²) in [5, 5.41) is 7.22. The highest BCUT2D eigenvalue weighted by molar-refractivity contribution is 9.10. The van der Waals surface area contributed by atoms with E-state index in [2.05, 4.69) is 26.4 Å². The van der Waals surface area contributed by atoms with E-state index in [1.807, 2.05) is 19.9 Å². The van der Waals surface area contributed by atoms with Crippen LogP contribution in [-0.2, 0) is 11.3 Å². The van der Waals surface area contributed by atoms with E-state index < -0.39 is 0 Å². The minimum absolute atomic E-state index is 0.324. The zero-order valence-corrected chi connectivity index (χ0v) is 13.8. The normalized spacial score (nSPS) is 10.5. The van der Waals surface area contributed by atoms with Gasteiger partial charge in [0, 0.05) is 22.3 Å². The first-order valence-corrected chi connectivity index (χ1v) is 7.44. The lowest BCUT2D eigenvalue weighted by molar-refractivity contribution is 0.0526. The van der Waals surface area contributed by atoms with Crippen molar-refractivity contribution in [1.82, 2.24) is 5.16 Å². The van der Waals surface area contributed by atoms with Gasteiger partial charge in [0.2, 0.25) is 0 Å². The van der Waals surface area contributed by atoms with Crippen molar-refractivity contribution >= 4 is 27.6 Å². The number of carbonyl (C=O) groups is 1. The van der Waals surface area contributed by atoms with E-state index in [1.54, 1.807) is 19.1 Å². The Bertz CT molecular complexity index is 633. The van der Waals surface area contributed by atoms with Gasteiger partial charge in [-0.15, -0.1) is 0 Å². The molecular formula is C15H17BrN2O3. The summed E-state index contributed by atoms with van der Waals surface area (Å²) in [6.07, 6.45) is 0. The molecule has 21 heavy (non-hydrogen) atoms. The molecule has 0 saturated carbocycles. The zero-order valence-electron chi connectivity index (χ0n) is 12.2. The average Bonchev–Trinajstić information content (AvgIpc) is 2.77. The van der Waals surface area contributed by atoms with Crippen molar-refractivity contribution in [2.75, 3.05) is 11.9 Å². The summed E-state index contributed by atoms with van der Waals surface area (Å²) >= 11 is 3.46. The molecule has 0 aliphatic rings. The molecule has 0 spiro atoms. The van der Waals surface area contributed by atoms with Gasteiger partial charge in [-0.25, -0.2) is 4.79 Å².